The molecule has 4 aromatic rings. The van der Waals surface area contributed by atoms with Crippen LogP contribution in [0.5, 0.6) is 0 Å². The minimum absolute atomic E-state index is 0.212. The number of aromatic nitrogens is 2. The molecule has 0 saturated carbocycles. The smallest absolute Gasteiger partial charge is 0.370 e. The maximum atomic E-state index is 13.4. The van der Waals surface area contributed by atoms with Gasteiger partial charge in [-0.25, -0.2) is 4.68 Å². The zero-order valence-corrected chi connectivity index (χ0v) is 18.4. The minimum Gasteiger partial charge on any atom is -0.370 e. The number of nitrogens with zero attached hydrogens (tertiary/aromatic N) is 2. The number of rotatable bonds is 3. The third-order valence-electron chi connectivity index (χ3n) is 5.90. The summed E-state index contributed by atoms with van der Waals surface area (Å²) < 4.78 is 41.7. The van der Waals surface area contributed by atoms with Gasteiger partial charge in [-0.2, -0.15) is 18.3 Å². The van der Waals surface area contributed by atoms with Gasteiger partial charge in [0.25, 0.3) is 0 Å². The van der Waals surface area contributed by atoms with E-state index in [-0.39, 0.29) is 10.7 Å². The lowest BCUT2D eigenvalue weighted by Crippen LogP contribution is -2.10. The van der Waals surface area contributed by atoms with Crippen LogP contribution in [0.1, 0.15) is 24.0 Å². The van der Waals surface area contributed by atoms with Crippen LogP contribution in [-0.4, -0.2) is 16.3 Å². The Morgan fingerprint density at radius 1 is 0.848 bits per heavy atom. The molecule has 168 valence electrons. The Bertz CT molecular complexity index is 1280. The summed E-state index contributed by atoms with van der Waals surface area (Å²) >= 11 is 6.35. The van der Waals surface area contributed by atoms with Crippen molar-refractivity contribution in [3.05, 3.63) is 88.9 Å². The molecular weight excluding hydrogens is 447 g/mol. The highest BCUT2D eigenvalue weighted by molar-refractivity contribution is 6.32. The van der Waals surface area contributed by atoms with E-state index in [0.717, 1.165) is 65.9 Å². The Labute approximate surface area is 194 Å². The molecule has 0 saturated heterocycles. The summed E-state index contributed by atoms with van der Waals surface area (Å²) in [5.74, 6) is 0.705. The van der Waals surface area contributed by atoms with Crippen LogP contribution >= 0.6 is 11.6 Å². The summed E-state index contributed by atoms with van der Waals surface area (Å²) in [6.45, 7) is 0.724. The quantitative estimate of drug-likeness (QED) is 0.335. The average molecular weight is 468 g/mol. The maximum Gasteiger partial charge on any atom is 0.416 e. The van der Waals surface area contributed by atoms with Gasteiger partial charge in [0, 0.05) is 17.7 Å². The van der Waals surface area contributed by atoms with Crippen molar-refractivity contribution >= 4 is 17.4 Å². The molecule has 33 heavy (non-hydrogen) atoms. The summed E-state index contributed by atoms with van der Waals surface area (Å²) in [5.41, 5.74) is 4.32. The summed E-state index contributed by atoms with van der Waals surface area (Å²) in [7, 11) is 0. The third kappa shape index (κ3) is 4.23. The van der Waals surface area contributed by atoms with Crippen LogP contribution in [0.2, 0.25) is 5.02 Å². The first kappa shape index (κ1) is 21.6. The van der Waals surface area contributed by atoms with Crippen LogP contribution in [0, 0.1) is 0 Å². The molecule has 0 atom stereocenters. The van der Waals surface area contributed by atoms with Crippen LogP contribution in [0.4, 0.5) is 19.0 Å². The fourth-order valence-electron chi connectivity index (χ4n) is 4.21. The molecule has 1 aliphatic heterocycles. The number of halogens is 4. The molecule has 5 rings (SSSR count). The standard InChI is InChI=1S/C26H21ClF3N3/c27-22-14-13-20(26(28,29)30)16-23(22)33-25-21(8-4-5-15-31-25)24(32-33)19-11-9-18(10-12-19)17-6-2-1-3-7-17/h1-3,6-7,9-14,16,31H,4-5,8,15H2. The molecule has 0 unspecified atom stereocenters. The van der Waals surface area contributed by atoms with E-state index in [4.69, 9.17) is 16.7 Å². The third-order valence-corrected chi connectivity index (χ3v) is 6.22. The number of nitrogens with one attached hydrogen (secondary N) is 1. The average Bonchev–Trinajstić information content (AvgIpc) is 2.99. The number of anilines is 1. The van der Waals surface area contributed by atoms with Gasteiger partial charge in [-0.05, 0) is 48.6 Å². The van der Waals surface area contributed by atoms with Crippen molar-refractivity contribution in [2.75, 3.05) is 11.9 Å². The lowest BCUT2D eigenvalue weighted by molar-refractivity contribution is -0.137. The van der Waals surface area contributed by atoms with Gasteiger partial charge in [0.05, 0.1) is 22.0 Å². The minimum atomic E-state index is -4.47. The first-order valence-electron chi connectivity index (χ1n) is 10.8. The SMILES string of the molecule is FC(F)(F)c1ccc(Cl)c(-n2nc(-c3ccc(-c4ccccc4)cc3)c3c2NCCCC3)c1. The van der Waals surface area contributed by atoms with Crippen molar-refractivity contribution in [2.24, 2.45) is 0 Å². The van der Waals surface area contributed by atoms with Crippen molar-refractivity contribution < 1.29 is 13.2 Å². The second kappa shape index (κ2) is 8.60. The first-order chi connectivity index (χ1) is 15.9. The summed E-state index contributed by atoms with van der Waals surface area (Å²) in [6, 6.07) is 21.5. The van der Waals surface area contributed by atoms with Crippen LogP contribution in [0.25, 0.3) is 28.1 Å². The molecule has 0 radical (unpaired) electrons. The van der Waals surface area contributed by atoms with Crippen LogP contribution in [0.3, 0.4) is 0 Å². The Morgan fingerprint density at radius 3 is 2.27 bits per heavy atom. The van der Waals surface area contributed by atoms with E-state index in [9.17, 15) is 13.2 Å². The van der Waals surface area contributed by atoms with Crippen LogP contribution in [0.15, 0.2) is 72.8 Å². The molecule has 1 aliphatic rings. The zero-order chi connectivity index (χ0) is 23.0. The molecule has 7 heteroatoms. The lowest BCUT2D eigenvalue weighted by Gasteiger charge is -2.13. The highest BCUT2D eigenvalue weighted by Crippen LogP contribution is 2.38. The second-order valence-electron chi connectivity index (χ2n) is 8.08. The molecule has 0 spiro atoms. The van der Waals surface area contributed by atoms with Crippen LogP contribution < -0.4 is 5.32 Å². The number of hydrogen-bond donors (Lipinski definition) is 1. The molecule has 0 fully saturated rings. The molecule has 3 aromatic carbocycles. The maximum absolute atomic E-state index is 13.4. The zero-order valence-electron chi connectivity index (χ0n) is 17.7. The predicted molar refractivity (Wildman–Crippen MR) is 126 cm³/mol. The van der Waals surface area contributed by atoms with E-state index < -0.39 is 11.7 Å². The van der Waals surface area contributed by atoms with Gasteiger partial charge in [-0.3, -0.25) is 0 Å². The normalized spacial score (nSPS) is 13.8. The number of fused-ring (bicyclic) bond motifs is 1. The van der Waals surface area contributed by atoms with E-state index in [1.165, 1.54) is 10.7 Å². The Balaban J connectivity index is 1.62. The Hall–Kier alpha value is -3.25. The van der Waals surface area contributed by atoms with Gasteiger partial charge < -0.3 is 5.32 Å². The van der Waals surface area contributed by atoms with Gasteiger partial charge in [0.2, 0.25) is 0 Å². The molecule has 2 heterocycles. The topological polar surface area (TPSA) is 29.9 Å². The fraction of sp³-hybridized carbons (Fsp3) is 0.192. The van der Waals surface area contributed by atoms with Gasteiger partial charge in [0.15, 0.2) is 0 Å². The van der Waals surface area contributed by atoms with Crippen molar-refractivity contribution in [2.45, 2.75) is 25.4 Å². The summed E-state index contributed by atoms with van der Waals surface area (Å²) in [6.07, 6.45) is -1.74. The van der Waals surface area contributed by atoms with Crippen molar-refractivity contribution in [1.29, 1.82) is 0 Å². The van der Waals surface area contributed by atoms with Crippen molar-refractivity contribution in [1.82, 2.24) is 9.78 Å². The second-order valence-corrected chi connectivity index (χ2v) is 8.49. The highest BCUT2D eigenvalue weighted by atomic mass is 35.5. The number of hydrogen-bond acceptors (Lipinski definition) is 2. The lowest BCUT2D eigenvalue weighted by atomic mass is 10.00. The van der Waals surface area contributed by atoms with E-state index in [1.807, 2.05) is 42.5 Å². The van der Waals surface area contributed by atoms with Gasteiger partial charge >= 0.3 is 6.18 Å². The molecular formula is C26H21ClF3N3. The molecule has 1 aromatic heterocycles. The van der Waals surface area contributed by atoms with E-state index in [1.54, 1.807) is 0 Å². The molecule has 3 nitrogen and oxygen atoms in total. The largest absolute Gasteiger partial charge is 0.416 e. The predicted octanol–water partition coefficient (Wildman–Crippen LogP) is 7.63. The van der Waals surface area contributed by atoms with Gasteiger partial charge in [0.1, 0.15) is 5.82 Å². The number of benzene rings is 3. The van der Waals surface area contributed by atoms with E-state index in [0.29, 0.717) is 5.82 Å². The van der Waals surface area contributed by atoms with Crippen molar-refractivity contribution in [3.8, 4) is 28.1 Å². The van der Waals surface area contributed by atoms with Crippen LogP contribution in [-0.2, 0) is 12.6 Å². The number of alkyl halides is 3. The molecule has 0 bridgehead atoms. The molecule has 0 amide bonds. The van der Waals surface area contributed by atoms with Gasteiger partial charge in [-0.1, -0.05) is 66.2 Å². The van der Waals surface area contributed by atoms with E-state index in [2.05, 4.69) is 17.4 Å². The summed E-state index contributed by atoms with van der Waals surface area (Å²) in [4.78, 5) is 0. The van der Waals surface area contributed by atoms with Crippen molar-refractivity contribution in [3.63, 3.8) is 0 Å². The summed E-state index contributed by atoms with van der Waals surface area (Å²) in [5, 5.41) is 8.34. The molecule has 0 aliphatic carbocycles. The monoisotopic (exact) mass is 467 g/mol. The molecule has 1 N–H and O–H groups in total. The highest BCUT2D eigenvalue weighted by Gasteiger charge is 2.32. The van der Waals surface area contributed by atoms with E-state index >= 15 is 0 Å². The Kier molecular flexibility index (Phi) is 5.62. The Morgan fingerprint density at radius 2 is 1.55 bits per heavy atom. The van der Waals surface area contributed by atoms with Gasteiger partial charge in [-0.15, -0.1) is 0 Å². The first-order valence-corrected chi connectivity index (χ1v) is 11.2. The fourth-order valence-corrected chi connectivity index (χ4v) is 4.41.